The quantitative estimate of drug-likeness (QED) is 0.452. The largest absolute Gasteiger partial charge is 0.494 e. The highest BCUT2D eigenvalue weighted by atomic mass is 35.5. The second-order valence-corrected chi connectivity index (χ2v) is 8.70. The van der Waals surface area contributed by atoms with Gasteiger partial charge in [-0.25, -0.2) is 4.68 Å². The van der Waals surface area contributed by atoms with Gasteiger partial charge in [-0.15, -0.1) is 0 Å². The first-order chi connectivity index (χ1) is 16.5. The molecule has 0 radical (unpaired) electrons. The summed E-state index contributed by atoms with van der Waals surface area (Å²) in [4.78, 5) is 13.6. The topological polar surface area (TPSA) is 77.4 Å². The van der Waals surface area contributed by atoms with Gasteiger partial charge in [0, 0.05) is 17.0 Å². The van der Waals surface area contributed by atoms with Crippen LogP contribution >= 0.6 is 11.6 Å². The second-order valence-electron chi connectivity index (χ2n) is 8.29. The lowest BCUT2D eigenvalue weighted by molar-refractivity contribution is 0.102. The Labute approximate surface area is 205 Å². The van der Waals surface area contributed by atoms with Gasteiger partial charge in [-0.2, -0.15) is 5.10 Å². The van der Waals surface area contributed by atoms with Crippen LogP contribution in [0.4, 0.5) is 5.69 Å². The number of hydrogen-bond acceptors (Lipinski definition) is 5. The standard InChI is InChI=1S/C26H31ClN4O3/c1-4-33-20-8-9-24(34-5-2)23(15-20)30-26(32)21-16-29-31(19-7-6-17(3)22(27)14-19)25(21)18-10-12-28-13-11-18/h6-9,14-16,18,28H,4-5,10-13H2,1-3H3,(H,30,32). The summed E-state index contributed by atoms with van der Waals surface area (Å²) < 4.78 is 13.2. The van der Waals surface area contributed by atoms with E-state index < -0.39 is 0 Å². The van der Waals surface area contributed by atoms with Crippen molar-refractivity contribution in [3.63, 3.8) is 0 Å². The van der Waals surface area contributed by atoms with Gasteiger partial charge in [0.1, 0.15) is 11.5 Å². The third-order valence-corrected chi connectivity index (χ3v) is 6.39. The van der Waals surface area contributed by atoms with Crippen LogP contribution in [0.25, 0.3) is 5.69 Å². The van der Waals surface area contributed by atoms with Crippen LogP contribution in [-0.2, 0) is 0 Å². The molecule has 1 aromatic heterocycles. The smallest absolute Gasteiger partial charge is 0.259 e. The second kappa shape index (κ2) is 10.9. The summed E-state index contributed by atoms with van der Waals surface area (Å²) in [7, 11) is 0. The van der Waals surface area contributed by atoms with Crippen LogP contribution in [0.1, 0.15) is 54.2 Å². The highest BCUT2D eigenvalue weighted by Gasteiger charge is 2.27. The van der Waals surface area contributed by atoms with Crippen LogP contribution in [0, 0.1) is 6.92 Å². The Morgan fingerprint density at radius 3 is 2.62 bits per heavy atom. The van der Waals surface area contributed by atoms with E-state index in [1.165, 1.54) is 0 Å². The van der Waals surface area contributed by atoms with Crippen LogP contribution in [0.5, 0.6) is 11.5 Å². The number of carbonyl (C=O) groups is 1. The number of benzene rings is 2. The molecule has 0 saturated carbocycles. The van der Waals surface area contributed by atoms with Crippen LogP contribution < -0.4 is 20.1 Å². The first-order valence-electron chi connectivity index (χ1n) is 11.8. The van der Waals surface area contributed by atoms with Crippen LogP contribution in [0.3, 0.4) is 0 Å². The van der Waals surface area contributed by atoms with Gasteiger partial charge in [-0.3, -0.25) is 4.79 Å². The molecule has 2 aromatic carbocycles. The molecule has 180 valence electrons. The first-order valence-corrected chi connectivity index (χ1v) is 12.2. The number of aryl methyl sites for hydroxylation is 1. The number of halogens is 1. The van der Waals surface area contributed by atoms with E-state index in [0.717, 1.165) is 42.9 Å². The van der Waals surface area contributed by atoms with Crippen molar-refractivity contribution < 1.29 is 14.3 Å². The number of nitrogens with one attached hydrogen (secondary N) is 2. The summed E-state index contributed by atoms with van der Waals surface area (Å²) in [6.07, 6.45) is 3.50. The molecule has 0 unspecified atom stereocenters. The number of carbonyl (C=O) groups excluding carboxylic acids is 1. The minimum atomic E-state index is -0.229. The van der Waals surface area contributed by atoms with Gasteiger partial charge in [0.05, 0.1) is 42.0 Å². The zero-order valence-electron chi connectivity index (χ0n) is 19.9. The molecule has 2 N–H and O–H groups in total. The van der Waals surface area contributed by atoms with Gasteiger partial charge in [-0.1, -0.05) is 17.7 Å². The minimum absolute atomic E-state index is 0.200. The number of ether oxygens (including phenoxy) is 2. The van der Waals surface area contributed by atoms with Crippen molar-refractivity contribution >= 4 is 23.2 Å². The number of nitrogens with zero attached hydrogens (tertiary/aromatic N) is 2. The number of anilines is 1. The molecule has 1 amide bonds. The number of hydrogen-bond donors (Lipinski definition) is 2. The maximum absolute atomic E-state index is 13.6. The summed E-state index contributed by atoms with van der Waals surface area (Å²) in [5.41, 5.74) is 3.86. The molecular weight excluding hydrogens is 452 g/mol. The zero-order chi connectivity index (χ0) is 24.1. The molecule has 2 heterocycles. The van der Waals surface area contributed by atoms with E-state index in [1.54, 1.807) is 12.3 Å². The molecule has 1 saturated heterocycles. The minimum Gasteiger partial charge on any atom is -0.494 e. The van der Waals surface area contributed by atoms with Crippen LogP contribution in [0.15, 0.2) is 42.6 Å². The number of piperidine rings is 1. The van der Waals surface area contributed by atoms with Crippen molar-refractivity contribution in [1.82, 2.24) is 15.1 Å². The molecular formula is C26H31ClN4O3. The maximum Gasteiger partial charge on any atom is 0.259 e. The number of rotatable bonds is 8. The van der Waals surface area contributed by atoms with E-state index in [9.17, 15) is 4.79 Å². The van der Waals surface area contributed by atoms with Crippen molar-refractivity contribution in [2.24, 2.45) is 0 Å². The average molecular weight is 483 g/mol. The molecule has 0 aliphatic carbocycles. The molecule has 1 aliphatic rings. The Balaban J connectivity index is 1.72. The Morgan fingerprint density at radius 1 is 1.15 bits per heavy atom. The number of amides is 1. The fourth-order valence-corrected chi connectivity index (χ4v) is 4.45. The Bertz CT molecular complexity index is 1150. The van der Waals surface area contributed by atoms with E-state index in [-0.39, 0.29) is 11.8 Å². The lowest BCUT2D eigenvalue weighted by Crippen LogP contribution is -2.29. The summed E-state index contributed by atoms with van der Waals surface area (Å²) >= 11 is 6.41. The van der Waals surface area contributed by atoms with Gasteiger partial charge >= 0.3 is 0 Å². The van der Waals surface area contributed by atoms with E-state index in [1.807, 2.05) is 55.8 Å². The molecule has 3 aromatic rings. The van der Waals surface area contributed by atoms with Crippen molar-refractivity contribution in [2.45, 2.75) is 39.5 Å². The summed E-state index contributed by atoms with van der Waals surface area (Å²) in [5.74, 6) is 1.24. The maximum atomic E-state index is 13.6. The highest BCUT2D eigenvalue weighted by molar-refractivity contribution is 6.31. The van der Waals surface area contributed by atoms with Crippen molar-refractivity contribution in [3.8, 4) is 17.2 Å². The van der Waals surface area contributed by atoms with Crippen molar-refractivity contribution in [2.75, 3.05) is 31.6 Å². The first kappa shape index (κ1) is 24.1. The van der Waals surface area contributed by atoms with Gasteiger partial charge < -0.3 is 20.1 Å². The zero-order valence-corrected chi connectivity index (χ0v) is 20.6. The lowest BCUT2D eigenvalue weighted by Gasteiger charge is -2.25. The number of aromatic nitrogens is 2. The van der Waals surface area contributed by atoms with Gasteiger partial charge in [0.15, 0.2) is 0 Å². The highest BCUT2D eigenvalue weighted by Crippen LogP contribution is 2.34. The molecule has 0 spiro atoms. The van der Waals surface area contributed by atoms with E-state index in [2.05, 4.69) is 15.7 Å². The van der Waals surface area contributed by atoms with E-state index >= 15 is 0 Å². The normalized spacial score (nSPS) is 14.1. The van der Waals surface area contributed by atoms with Crippen molar-refractivity contribution in [1.29, 1.82) is 0 Å². The molecule has 8 heteroatoms. The molecule has 34 heavy (non-hydrogen) atoms. The molecule has 4 rings (SSSR count). The molecule has 0 bridgehead atoms. The summed E-state index contributed by atoms with van der Waals surface area (Å²) in [6.45, 7) is 8.62. The predicted octanol–water partition coefficient (Wildman–Crippen LogP) is 5.35. The van der Waals surface area contributed by atoms with Gasteiger partial charge in [-0.05, 0) is 76.5 Å². The monoisotopic (exact) mass is 482 g/mol. The third kappa shape index (κ3) is 5.21. The lowest BCUT2D eigenvalue weighted by atomic mass is 9.91. The Hall–Kier alpha value is -3.03. The fraction of sp³-hybridized carbons (Fsp3) is 0.385. The molecule has 1 fully saturated rings. The Morgan fingerprint density at radius 2 is 1.91 bits per heavy atom. The molecule has 7 nitrogen and oxygen atoms in total. The third-order valence-electron chi connectivity index (χ3n) is 5.99. The molecule has 1 aliphatic heterocycles. The van der Waals surface area contributed by atoms with Crippen molar-refractivity contribution in [3.05, 3.63) is 64.4 Å². The summed E-state index contributed by atoms with van der Waals surface area (Å²) in [6, 6.07) is 11.3. The van der Waals surface area contributed by atoms with Gasteiger partial charge in [0.2, 0.25) is 0 Å². The molecule has 0 atom stereocenters. The average Bonchev–Trinajstić information content (AvgIpc) is 3.29. The SMILES string of the molecule is CCOc1ccc(OCC)c(NC(=O)c2cnn(-c3ccc(C)c(Cl)c3)c2C2CCNCC2)c1. The van der Waals surface area contributed by atoms with Gasteiger partial charge in [0.25, 0.3) is 5.91 Å². The Kier molecular flexibility index (Phi) is 7.75. The fourth-order valence-electron chi connectivity index (χ4n) is 4.27. The van der Waals surface area contributed by atoms with Crippen LogP contribution in [-0.4, -0.2) is 42.0 Å². The van der Waals surface area contributed by atoms with E-state index in [0.29, 0.717) is 41.0 Å². The predicted molar refractivity (Wildman–Crippen MR) is 135 cm³/mol. The summed E-state index contributed by atoms with van der Waals surface area (Å²) in [5, 5.41) is 11.7. The van der Waals surface area contributed by atoms with Crippen LogP contribution in [0.2, 0.25) is 5.02 Å². The van der Waals surface area contributed by atoms with E-state index in [4.69, 9.17) is 21.1 Å².